The van der Waals surface area contributed by atoms with E-state index in [0.29, 0.717) is 0 Å². The molecular formula is C26H30N2O. The van der Waals surface area contributed by atoms with Crippen LogP contribution in [0.15, 0.2) is 53.1 Å². The van der Waals surface area contributed by atoms with Crippen LogP contribution >= 0.6 is 0 Å². The molecule has 1 aliphatic heterocycles. The second-order valence-corrected chi connectivity index (χ2v) is 8.50. The van der Waals surface area contributed by atoms with E-state index in [1.807, 2.05) is 0 Å². The van der Waals surface area contributed by atoms with Gasteiger partial charge in [-0.1, -0.05) is 60.1 Å². The normalized spacial score (nSPS) is 17.7. The summed E-state index contributed by atoms with van der Waals surface area (Å²) in [6.45, 7) is 3.32. The molecule has 0 fully saturated rings. The number of hydrogen-bond acceptors (Lipinski definition) is 3. The predicted octanol–water partition coefficient (Wildman–Crippen LogP) is 5.82. The van der Waals surface area contributed by atoms with E-state index in [4.69, 9.17) is 4.52 Å². The van der Waals surface area contributed by atoms with Crippen molar-refractivity contribution < 1.29 is 4.52 Å². The Balaban J connectivity index is 1.19. The summed E-state index contributed by atoms with van der Waals surface area (Å²) in [5, 5.41) is 7.06. The Labute approximate surface area is 173 Å². The topological polar surface area (TPSA) is 29.3 Å². The monoisotopic (exact) mass is 386 g/mol. The molecule has 0 saturated heterocycles. The van der Waals surface area contributed by atoms with Crippen LogP contribution in [0.1, 0.15) is 54.7 Å². The number of fused-ring (bicyclic) bond motifs is 2. The van der Waals surface area contributed by atoms with Gasteiger partial charge < -0.3 is 4.52 Å². The van der Waals surface area contributed by atoms with Crippen LogP contribution in [0, 0.1) is 0 Å². The molecule has 0 saturated carbocycles. The van der Waals surface area contributed by atoms with Crippen molar-refractivity contribution in [2.24, 2.45) is 0 Å². The van der Waals surface area contributed by atoms with Gasteiger partial charge in [-0.05, 0) is 67.0 Å². The van der Waals surface area contributed by atoms with Gasteiger partial charge in [0, 0.05) is 25.1 Å². The summed E-state index contributed by atoms with van der Waals surface area (Å²) in [7, 11) is 0. The minimum Gasteiger partial charge on any atom is -0.361 e. The van der Waals surface area contributed by atoms with Gasteiger partial charge in [0.05, 0.1) is 5.69 Å². The van der Waals surface area contributed by atoms with Crippen LogP contribution < -0.4 is 0 Å². The number of rotatable bonds is 5. The van der Waals surface area contributed by atoms with Crippen LogP contribution in [-0.4, -0.2) is 29.7 Å². The zero-order chi connectivity index (χ0) is 19.5. The Kier molecular flexibility index (Phi) is 5.49. The van der Waals surface area contributed by atoms with E-state index in [-0.39, 0.29) is 0 Å². The van der Waals surface area contributed by atoms with E-state index in [1.165, 1.54) is 52.4 Å². The maximum Gasteiger partial charge on any atom is 0.140 e. The Hall–Kier alpha value is -2.39. The minimum absolute atomic E-state index is 1.03. The molecule has 0 radical (unpaired) electrons. The van der Waals surface area contributed by atoms with Crippen LogP contribution in [0.3, 0.4) is 0 Å². The molecule has 150 valence electrons. The second kappa shape index (κ2) is 8.54. The first-order chi connectivity index (χ1) is 14.4. The van der Waals surface area contributed by atoms with Gasteiger partial charge in [0.2, 0.25) is 0 Å². The first-order valence-electron chi connectivity index (χ1n) is 11.2. The van der Waals surface area contributed by atoms with Crippen molar-refractivity contribution in [1.29, 1.82) is 0 Å². The lowest BCUT2D eigenvalue weighted by molar-refractivity contribution is 0.290. The van der Waals surface area contributed by atoms with Gasteiger partial charge in [0.1, 0.15) is 5.76 Å². The Morgan fingerprint density at radius 1 is 0.931 bits per heavy atom. The molecular weight excluding hydrogens is 356 g/mol. The predicted molar refractivity (Wildman–Crippen MR) is 119 cm³/mol. The number of aromatic nitrogens is 1. The fourth-order valence-corrected chi connectivity index (χ4v) is 4.96. The van der Waals surface area contributed by atoms with Crippen LogP contribution in [0.25, 0.3) is 16.3 Å². The fourth-order valence-electron chi connectivity index (χ4n) is 4.96. The highest BCUT2D eigenvalue weighted by molar-refractivity contribution is 5.94. The lowest BCUT2D eigenvalue weighted by Gasteiger charge is -2.26. The standard InChI is InChI=1S/C26H30N2O/c1-2-11-24-25(13-3-1)27-29-26(24)14-7-17-28-18-15-21(16-19-28)23-12-6-9-20-8-4-5-10-22(20)23/h4-6,8-10,12,15H,1-3,7,11,13-14,16-19H2. The average molecular weight is 387 g/mol. The van der Waals surface area contributed by atoms with Gasteiger partial charge in [-0.2, -0.15) is 0 Å². The first kappa shape index (κ1) is 18.6. The molecule has 0 atom stereocenters. The van der Waals surface area contributed by atoms with Gasteiger partial charge >= 0.3 is 0 Å². The molecule has 3 nitrogen and oxygen atoms in total. The molecule has 29 heavy (non-hydrogen) atoms. The smallest absolute Gasteiger partial charge is 0.140 e. The third-order valence-corrected chi connectivity index (χ3v) is 6.60. The Bertz CT molecular complexity index is 1010. The van der Waals surface area contributed by atoms with Crippen LogP contribution in [0.4, 0.5) is 0 Å². The molecule has 5 rings (SSSR count). The zero-order valence-electron chi connectivity index (χ0n) is 17.2. The maximum absolute atomic E-state index is 5.70. The first-order valence-corrected chi connectivity index (χ1v) is 11.2. The molecule has 0 bridgehead atoms. The second-order valence-electron chi connectivity index (χ2n) is 8.50. The average Bonchev–Trinajstić information content (AvgIpc) is 3.00. The van der Waals surface area contributed by atoms with Gasteiger partial charge in [-0.25, -0.2) is 0 Å². The summed E-state index contributed by atoms with van der Waals surface area (Å²) < 4.78 is 5.70. The van der Waals surface area contributed by atoms with Crippen LogP contribution in [-0.2, 0) is 19.3 Å². The summed E-state index contributed by atoms with van der Waals surface area (Å²) in [6, 6.07) is 15.4. The lowest BCUT2D eigenvalue weighted by atomic mass is 9.94. The maximum atomic E-state index is 5.70. The third kappa shape index (κ3) is 4.02. The van der Waals surface area contributed by atoms with Gasteiger partial charge in [-0.15, -0.1) is 0 Å². The van der Waals surface area contributed by atoms with E-state index < -0.39 is 0 Å². The number of aryl methyl sites for hydroxylation is 2. The molecule has 2 aliphatic rings. The summed E-state index contributed by atoms with van der Waals surface area (Å²) in [4.78, 5) is 2.57. The van der Waals surface area contributed by atoms with Crippen molar-refractivity contribution >= 4 is 16.3 Å². The van der Waals surface area contributed by atoms with Crippen molar-refractivity contribution in [2.45, 2.75) is 51.4 Å². The molecule has 3 aromatic rings. The number of benzene rings is 2. The molecule has 2 aromatic carbocycles. The zero-order valence-corrected chi connectivity index (χ0v) is 17.2. The summed E-state index contributed by atoms with van der Waals surface area (Å²) >= 11 is 0. The van der Waals surface area contributed by atoms with Crippen molar-refractivity contribution in [2.75, 3.05) is 19.6 Å². The minimum atomic E-state index is 1.03. The van der Waals surface area contributed by atoms with Gasteiger partial charge in [0.15, 0.2) is 0 Å². The Morgan fingerprint density at radius 3 is 2.76 bits per heavy atom. The van der Waals surface area contributed by atoms with Crippen molar-refractivity contribution in [3.8, 4) is 0 Å². The highest BCUT2D eigenvalue weighted by Crippen LogP contribution is 2.29. The molecule has 1 aromatic heterocycles. The van der Waals surface area contributed by atoms with Crippen molar-refractivity contribution in [1.82, 2.24) is 10.1 Å². The van der Waals surface area contributed by atoms with Gasteiger partial charge in [0.25, 0.3) is 0 Å². The summed E-state index contributed by atoms with van der Waals surface area (Å²) in [6.07, 6.45) is 11.9. The number of nitrogens with zero attached hydrogens (tertiary/aromatic N) is 2. The van der Waals surface area contributed by atoms with Gasteiger partial charge in [-0.3, -0.25) is 4.90 Å². The Morgan fingerprint density at radius 2 is 1.83 bits per heavy atom. The molecule has 3 heteroatoms. The van der Waals surface area contributed by atoms with E-state index >= 15 is 0 Å². The third-order valence-electron chi connectivity index (χ3n) is 6.60. The highest BCUT2D eigenvalue weighted by Gasteiger charge is 2.19. The van der Waals surface area contributed by atoms with E-state index in [1.54, 1.807) is 0 Å². The molecule has 0 unspecified atom stereocenters. The molecule has 0 N–H and O–H groups in total. The fraction of sp³-hybridized carbons (Fsp3) is 0.423. The molecule has 2 heterocycles. The molecule has 0 spiro atoms. The van der Waals surface area contributed by atoms with E-state index in [9.17, 15) is 0 Å². The van der Waals surface area contributed by atoms with Crippen LogP contribution in [0.5, 0.6) is 0 Å². The highest BCUT2D eigenvalue weighted by atomic mass is 16.5. The summed E-state index contributed by atoms with van der Waals surface area (Å²) in [5.41, 5.74) is 5.57. The van der Waals surface area contributed by atoms with Crippen molar-refractivity contribution in [3.63, 3.8) is 0 Å². The SMILES string of the molecule is C1=C(c2cccc3ccccc23)CCN(CCCc2onc3c2CCCCC3)C1. The largest absolute Gasteiger partial charge is 0.361 e. The van der Waals surface area contributed by atoms with Crippen molar-refractivity contribution in [3.05, 3.63) is 71.1 Å². The quantitative estimate of drug-likeness (QED) is 0.518. The molecule has 1 aliphatic carbocycles. The number of hydrogen-bond donors (Lipinski definition) is 0. The van der Waals surface area contributed by atoms with E-state index in [2.05, 4.69) is 58.6 Å². The lowest BCUT2D eigenvalue weighted by Crippen LogP contribution is -2.29. The summed E-state index contributed by atoms with van der Waals surface area (Å²) in [5.74, 6) is 1.16. The van der Waals surface area contributed by atoms with Crippen LogP contribution in [0.2, 0.25) is 0 Å². The van der Waals surface area contributed by atoms with E-state index in [0.717, 1.165) is 57.5 Å². The molecule has 0 amide bonds.